The number of anilines is 1. The lowest BCUT2D eigenvalue weighted by molar-refractivity contribution is 0.255. The molecule has 0 spiro atoms. The highest BCUT2D eigenvalue weighted by molar-refractivity contribution is 5.91. The van der Waals surface area contributed by atoms with Crippen LogP contribution < -0.4 is 4.90 Å². The third-order valence-electron chi connectivity index (χ3n) is 3.92. The van der Waals surface area contributed by atoms with Crippen LogP contribution in [0.1, 0.15) is 17.7 Å². The number of rotatable bonds is 2. The number of fused-ring (bicyclic) bond motifs is 1. The van der Waals surface area contributed by atoms with Gasteiger partial charge in [-0.25, -0.2) is 14.4 Å². The van der Waals surface area contributed by atoms with Gasteiger partial charge in [-0.05, 0) is 19.4 Å². The van der Waals surface area contributed by atoms with Crippen LogP contribution in [0.3, 0.4) is 0 Å². The smallest absolute Gasteiger partial charge is 0.143 e. The topological polar surface area (TPSA) is 65.0 Å². The number of aromatic amines is 1. The molecule has 1 aliphatic rings. The first kappa shape index (κ1) is 12.3. The Labute approximate surface area is 110 Å². The average molecular weight is 264 g/mol. The Bertz CT molecular complexity index is 612. The van der Waals surface area contributed by atoms with Gasteiger partial charge < -0.3 is 15.0 Å². The summed E-state index contributed by atoms with van der Waals surface area (Å²) in [4.78, 5) is 13.6. The zero-order valence-electron chi connectivity index (χ0n) is 11.0. The quantitative estimate of drug-likeness (QED) is 0.862. The molecule has 3 rings (SSSR count). The zero-order valence-corrected chi connectivity index (χ0v) is 11.0. The Kier molecular flexibility index (Phi) is 2.89. The molecule has 0 bridgehead atoms. The highest BCUT2D eigenvalue weighted by atomic mass is 19.1. The summed E-state index contributed by atoms with van der Waals surface area (Å²) < 4.78 is 13.6. The third-order valence-corrected chi connectivity index (χ3v) is 3.92. The molecule has 1 fully saturated rings. The molecule has 5 nitrogen and oxygen atoms in total. The van der Waals surface area contributed by atoms with E-state index in [9.17, 15) is 9.50 Å². The number of nitrogens with one attached hydrogen (secondary N) is 1. The molecule has 2 aromatic rings. The zero-order chi connectivity index (χ0) is 13.6. The molecule has 2 aromatic heterocycles. The van der Waals surface area contributed by atoms with Gasteiger partial charge in [0.15, 0.2) is 0 Å². The summed E-state index contributed by atoms with van der Waals surface area (Å²) in [5, 5.41) is 10.3. The summed E-state index contributed by atoms with van der Waals surface area (Å²) in [5.41, 5.74) is 2.87. The summed E-state index contributed by atoms with van der Waals surface area (Å²) in [6.07, 6.45) is 0.916. The van der Waals surface area contributed by atoms with Crippen molar-refractivity contribution >= 4 is 16.9 Å². The number of alkyl halides is 1. The van der Waals surface area contributed by atoms with Gasteiger partial charge in [-0.15, -0.1) is 0 Å². The van der Waals surface area contributed by atoms with Gasteiger partial charge >= 0.3 is 0 Å². The van der Waals surface area contributed by atoms with E-state index < -0.39 is 6.17 Å². The lowest BCUT2D eigenvalue weighted by Gasteiger charge is -2.24. The first-order chi connectivity index (χ1) is 9.11. The van der Waals surface area contributed by atoms with Crippen LogP contribution in [-0.2, 0) is 0 Å². The summed E-state index contributed by atoms with van der Waals surface area (Å²) >= 11 is 0. The molecule has 2 atom stereocenters. The van der Waals surface area contributed by atoms with E-state index in [0.717, 1.165) is 22.3 Å². The minimum atomic E-state index is -0.914. The highest BCUT2D eigenvalue weighted by Crippen LogP contribution is 2.33. The van der Waals surface area contributed by atoms with E-state index in [1.165, 1.54) is 6.33 Å². The van der Waals surface area contributed by atoms with Gasteiger partial charge in [0, 0.05) is 12.1 Å². The molecule has 0 unspecified atom stereocenters. The van der Waals surface area contributed by atoms with Gasteiger partial charge in [-0.3, -0.25) is 0 Å². The van der Waals surface area contributed by atoms with Crippen molar-refractivity contribution in [1.82, 2.24) is 15.0 Å². The van der Waals surface area contributed by atoms with Crippen molar-refractivity contribution in [1.29, 1.82) is 0 Å². The number of aliphatic hydroxyl groups is 1. The number of aryl methyl sites for hydroxylation is 2. The van der Waals surface area contributed by atoms with Crippen molar-refractivity contribution in [3.05, 3.63) is 17.6 Å². The van der Waals surface area contributed by atoms with E-state index >= 15 is 0 Å². The predicted molar refractivity (Wildman–Crippen MR) is 71.1 cm³/mol. The van der Waals surface area contributed by atoms with Crippen LogP contribution in [0.15, 0.2) is 6.33 Å². The Hall–Kier alpha value is -1.69. The summed E-state index contributed by atoms with van der Waals surface area (Å²) in [6.45, 7) is 4.19. The van der Waals surface area contributed by atoms with Crippen LogP contribution in [0.2, 0.25) is 0 Å². The van der Waals surface area contributed by atoms with Gasteiger partial charge in [0.1, 0.15) is 24.0 Å². The van der Waals surface area contributed by atoms with E-state index in [4.69, 9.17) is 0 Å². The number of hydrogen-bond acceptors (Lipinski definition) is 4. The molecule has 2 N–H and O–H groups in total. The van der Waals surface area contributed by atoms with Crippen LogP contribution in [0.5, 0.6) is 0 Å². The van der Waals surface area contributed by atoms with Gasteiger partial charge in [0.2, 0.25) is 0 Å². The maximum atomic E-state index is 13.6. The monoisotopic (exact) mass is 264 g/mol. The first-order valence-electron chi connectivity index (χ1n) is 6.43. The second kappa shape index (κ2) is 4.45. The number of halogens is 1. The van der Waals surface area contributed by atoms with Gasteiger partial charge in [0.25, 0.3) is 0 Å². The Morgan fingerprint density at radius 2 is 2.26 bits per heavy atom. The lowest BCUT2D eigenvalue weighted by atomic mass is 10.2. The van der Waals surface area contributed by atoms with Crippen molar-refractivity contribution in [2.24, 2.45) is 0 Å². The molecule has 1 saturated heterocycles. The van der Waals surface area contributed by atoms with Crippen molar-refractivity contribution in [3.8, 4) is 0 Å². The second-order valence-electron chi connectivity index (χ2n) is 5.12. The second-order valence-corrected chi connectivity index (χ2v) is 5.12. The molecular weight excluding hydrogens is 247 g/mol. The van der Waals surface area contributed by atoms with Crippen LogP contribution >= 0.6 is 0 Å². The van der Waals surface area contributed by atoms with Crippen LogP contribution in [-0.4, -0.2) is 45.4 Å². The third kappa shape index (κ3) is 1.87. The molecule has 0 saturated carbocycles. The predicted octanol–water partition coefficient (Wildman–Crippen LogP) is 1.48. The van der Waals surface area contributed by atoms with Crippen LogP contribution in [0, 0.1) is 13.8 Å². The fourth-order valence-electron chi connectivity index (χ4n) is 2.78. The largest absolute Gasteiger partial charge is 0.394 e. The molecule has 0 radical (unpaired) electrons. The fourth-order valence-corrected chi connectivity index (χ4v) is 2.78. The van der Waals surface area contributed by atoms with Crippen molar-refractivity contribution in [2.45, 2.75) is 32.5 Å². The van der Waals surface area contributed by atoms with Crippen molar-refractivity contribution < 1.29 is 9.50 Å². The van der Waals surface area contributed by atoms with Gasteiger partial charge in [-0.1, -0.05) is 0 Å². The minimum absolute atomic E-state index is 0.0611. The minimum Gasteiger partial charge on any atom is -0.394 e. The van der Waals surface area contributed by atoms with E-state index in [1.807, 2.05) is 18.7 Å². The standard InChI is InChI=1S/C13H17FN4O/c1-7-8(2)17-12-11(7)13(16-6-15-12)18-4-9(14)3-10(18)5-19/h6,9-10,19H,3-5H2,1-2H3,(H,15,16,17)/t9-,10-/m0/s1. The molecule has 0 aromatic carbocycles. The fraction of sp³-hybridized carbons (Fsp3) is 0.538. The Balaban J connectivity index is 2.14. The van der Waals surface area contributed by atoms with Gasteiger partial charge in [0.05, 0.1) is 24.6 Å². The van der Waals surface area contributed by atoms with E-state index in [1.54, 1.807) is 0 Å². The highest BCUT2D eigenvalue weighted by Gasteiger charge is 2.34. The molecule has 0 amide bonds. The first-order valence-corrected chi connectivity index (χ1v) is 6.43. The summed E-state index contributed by atoms with van der Waals surface area (Å²) in [6, 6.07) is -0.206. The molecule has 6 heteroatoms. The van der Waals surface area contributed by atoms with Gasteiger partial charge in [-0.2, -0.15) is 0 Å². The normalized spacial score (nSPS) is 23.5. The Morgan fingerprint density at radius 1 is 1.47 bits per heavy atom. The molecule has 0 aliphatic carbocycles. The number of hydrogen-bond donors (Lipinski definition) is 2. The molecule has 1 aliphatic heterocycles. The maximum Gasteiger partial charge on any atom is 0.143 e. The number of aliphatic hydroxyl groups excluding tert-OH is 1. The molecular formula is C13H17FN4O. The Morgan fingerprint density at radius 3 is 3.00 bits per heavy atom. The number of aromatic nitrogens is 3. The molecule has 102 valence electrons. The maximum absolute atomic E-state index is 13.6. The van der Waals surface area contributed by atoms with E-state index in [-0.39, 0.29) is 19.2 Å². The van der Waals surface area contributed by atoms with Crippen LogP contribution in [0.25, 0.3) is 11.0 Å². The molecule has 19 heavy (non-hydrogen) atoms. The SMILES string of the molecule is Cc1[nH]c2ncnc(N3C[C@@H](F)C[C@H]3CO)c2c1C. The lowest BCUT2D eigenvalue weighted by Crippen LogP contribution is -2.33. The summed E-state index contributed by atoms with van der Waals surface area (Å²) in [5.74, 6) is 0.714. The van der Waals surface area contributed by atoms with E-state index in [0.29, 0.717) is 12.2 Å². The average Bonchev–Trinajstić information content (AvgIpc) is 2.91. The van der Waals surface area contributed by atoms with Crippen molar-refractivity contribution in [2.75, 3.05) is 18.1 Å². The number of nitrogens with zero attached hydrogens (tertiary/aromatic N) is 3. The van der Waals surface area contributed by atoms with Crippen molar-refractivity contribution in [3.63, 3.8) is 0 Å². The van der Waals surface area contributed by atoms with E-state index in [2.05, 4.69) is 15.0 Å². The molecule has 3 heterocycles. The number of H-pyrrole nitrogens is 1. The van der Waals surface area contributed by atoms with Crippen LogP contribution in [0.4, 0.5) is 10.2 Å². The summed E-state index contributed by atoms with van der Waals surface area (Å²) in [7, 11) is 0.